The van der Waals surface area contributed by atoms with Crippen LogP contribution in [-0.4, -0.2) is 46.5 Å². The summed E-state index contributed by atoms with van der Waals surface area (Å²) in [6, 6.07) is 2.54. The molecule has 1 saturated heterocycles. The van der Waals surface area contributed by atoms with Gasteiger partial charge in [0.25, 0.3) is 0 Å². The monoisotopic (exact) mass is 364 g/mol. The first kappa shape index (κ1) is 18.3. The topological polar surface area (TPSA) is 97.5 Å². The number of sulfone groups is 1. The number of rotatable bonds is 4. The van der Waals surface area contributed by atoms with Gasteiger partial charge in [0.1, 0.15) is 10.7 Å². The summed E-state index contributed by atoms with van der Waals surface area (Å²) in [5.41, 5.74) is 5.71. The third-order valence-electron chi connectivity index (χ3n) is 4.22. The zero-order valence-electron chi connectivity index (χ0n) is 13.1. The average molecular weight is 364 g/mol. The van der Waals surface area contributed by atoms with Gasteiger partial charge in [-0.05, 0) is 37.0 Å². The molecule has 1 aromatic rings. The van der Waals surface area contributed by atoms with Crippen molar-refractivity contribution in [3.05, 3.63) is 24.0 Å². The molecule has 23 heavy (non-hydrogen) atoms. The predicted octanol–water partition coefficient (Wildman–Crippen LogP) is 0.977. The number of hydrogen-bond donors (Lipinski definition) is 1. The van der Waals surface area contributed by atoms with Crippen LogP contribution in [0.4, 0.5) is 4.39 Å². The van der Waals surface area contributed by atoms with Crippen molar-refractivity contribution in [3.8, 4) is 0 Å². The molecule has 2 rings (SSSR count). The molecule has 1 aliphatic rings. The third kappa shape index (κ3) is 3.57. The molecule has 9 heteroatoms. The highest BCUT2D eigenvalue weighted by molar-refractivity contribution is 7.90. The van der Waals surface area contributed by atoms with Gasteiger partial charge in [-0.1, -0.05) is 6.92 Å². The summed E-state index contributed by atoms with van der Waals surface area (Å²) in [5, 5.41) is 0. The molecule has 0 aromatic heterocycles. The Balaban J connectivity index is 2.46. The Kier molecular flexibility index (Phi) is 5.15. The zero-order chi connectivity index (χ0) is 17.4. The van der Waals surface area contributed by atoms with Gasteiger partial charge in [-0.15, -0.1) is 0 Å². The SMILES string of the molecule is C[C@@H]1CCCN(S(=O)(=O)c2ccc(S(C)(=O)=O)c(F)c2)[C@H]1CN. The Bertz CT molecular complexity index is 793. The van der Waals surface area contributed by atoms with Crippen molar-refractivity contribution in [2.45, 2.75) is 35.6 Å². The summed E-state index contributed by atoms with van der Waals surface area (Å²) in [4.78, 5) is -0.770. The molecule has 0 aliphatic carbocycles. The Morgan fingerprint density at radius 2 is 1.96 bits per heavy atom. The van der Waals surface area contributed by atoms with E-state index in [1.807, 2.05) is 6.92 Å². The highest BCUT2D eigenvalue weighted by Gasteiger charge is 2.36. The predicted molar refractivity (Wildman–Crippen MR) is 84.6 cm³/mol. The van der Waals surface area contributed by atoms with Crippen LogP contribution in [-0.2, 0) is 19.9 Å². The fourth-order valence-corrected chi connectivity index (χ4v) is 5.45. The molecule has 0 bridgehead atoms. The quantitative estimate of drug-likeness (QED) is 0.859. The van der Waals surface area contributed by atoms with Gasteiger partial charge in [-0.3, -0.25) is 0 Å². The molecular weight excluding hydrogens is 343 g/mol. The molecule has 1 fully saturated rings. The summed E-state index contributed by atoms with van der Waals surface area (Å²) in [7, 11) is -7.67. The van der Waals surface area contributed by atoms with E-state index >= 15 is 0 Å². The fourth-order valence-electron chi connectivity index (χ4n) is 2.94. The van der Waals surface area contributed by atoms with E-state index in [0.29, 0.717) is 13.0 Å². The number of benzene rings is 1. The molecule has 1 heterocycles. The van der Waals surface area contributed by atoms with Gasteiger partial charge < -0.3 is 5.73 Å². The molecule has 0 amide bonds. The second-order valence-electron chi connectivity index (χ2n) is 5.90. The van der Waals surface area contributed by atoms with Crippen LogP contribution in [0.5, 0.6) is 0 Å². The van der Waals surface area contributed by atoms with E-state index in [1.54, 1.807) is 0 Å². The maximum atomic E-state index is 14.0. The lowest BCUT2D eigenvalue weighted by molar-refractivity contribution is 0.192. The van der Waals surface area contributed by atoms with E-state index in [9.17, 15) is 21.2 Å². The summed E-state index contributed by atoms with van der Waals surface area (Å²) >= 11 is 0. The van der Waals surface area contributed by atoms with Crippen LogP contribution in [0.3, 0.4) is 0 Å². The summed E-state index contributed by atoms with van der Waals surface area (Å²) in [5.74, 6) is -0.952. The number of halogens is 1. The zero-order valence-corrected chi connectivity index (χ0v) is 14.7. The third-order valence-corrected chi connectivity index (χ3v) is 7.27. The van der Waals surface area contributed by atoms with Crippen molar-refractivity contribution in [1.82, 2.24) is 4.31 Å². The van der Waals surface area contributed by atoms with Crippen LogP contribution in [0, 0.1) is 11.7 Å². The Morgan fingerprint density at radius 3 is 2.48 bits per heavy atom. The van der Waals surface area contributed by atoms with E-state index < -0.39 is 30.6 Å². The van der Waals surface area contributed by atoms with Crippen molar-refractivity contribution in [3.63, 3.8) is 0 Å². The summed E-state index contributed by atoms with van der Waals surface area (Å²) in [6.07, 6.45) is 2.46. The van der Waals surface area contributed by atoms with Crippen molar-refractivity contribution in [2.75, 3.05) is 19.3 Å². The highest BCUT2D eigenvalue weighted by Crippen LogP contribution is 2.29. The van der Waals surface area contributed by atoms with Crippen molar-refractivity contribution in [2.24, 2.45) is 11.7 Å². The van der Waals surface area contributed by atoms with Crippen LogP contribution in [0.15, 0.2) is 28.0 Å². The van der Waals surface area contributed by atoms with Gasteiger partial charge in [0.2, 0.25) is 10.0 Å². The molecule has 0 unspecified atom stereocenters. The minimum atomic E-state index is -3.92. The van der Waals surface area contributed by atoms with E-state index in [0.717, 1.165) is 30.9 Å². The van der Waals surface area contributed by atoms with Gasteiger partial charge in [0, 0.05) is 25.4 Å². The number of hydrogen-bond acceptors (Lipinski definition) is 5. The Hall–Kier alpha value is -1.03. The largest absolute Gasteiger partial charge is 0.329 e. The van der Waals surface area contributed by atoms with Gasteiger partial charge >= 0.3 is 0 Å². The van der Waals surface area contributed by atoms with Gasteiger partial charge in [0.15, 0.2) is 9.84 Å². The fraction of sp³-hybridized carbons (Fsp3) is 0.571. The van der Waals surface area contributed by atoms with Crippen LogP contribution in [0.25, 0.3) is 0 Å². The molecular formula is C14H21FN2O4S2. The standard InChI is InChI=1S/C14H21FN2O4S2/c1-10-4-3-7-17(13(10)9-16)23(20,21)11-5-6-14(12(15)8-11)22(2,18)19/h5-6,8,10,13H,3-4,7,9,16H2,1-2H3/t10-,13+/m1/s1. The molecule has 0 saturated carbocycles. The molecule has 2 N–H and O–H groups in total. The van der Waals surface area contributed by atoms with Gasteiger partial charge in [-0.2, -0.15) is 4.31 Å². The second-order valence-corrected chi connectivity index (χ2v) is 9.78. The number of nitrogens with two attached hydrogens (primary N) is 1. The molecule has 1 aromatic carbocycles. The first-order valence-corrected chi connectivity index (χ1v) is 10.6. The Labute approximate surface area is 136 Å². The highest BCUT2D eigenvalue weighted by atomic mass is 32.2. The van der Waals surface area contributed by atoms with Crippen LogP contribution in [0.1, 0.15) is 19.8 Å². The lowest BCUT2D eigenvalue weighted by Gasteiger charge is -2.38. The molecule has 2 atom stereocenters. The summed E-state index contributed by atoms with van der Waals surface area (Å²) < 4.78 is 63.7. The molecule has 130 valence electrons. The van der Waals surface area contributed by atoms with Crippen LogP contribution >= 0.6 is 0 Å². The van der Waals surface area contributed by atoms with E-state index in [2.05, 4.69) is 0 Å². The first-order valence-electron chi connectivity index (χ1n) is 7.30. The number of nitrogens with zero attached hydrogens (tertiary/aromatic N) is 1. The van der Waals surface area contributed by atoms with Crippen molar-refractivity contribution < 1.29 is 21.2 Å². The van der Waals surface area contributed by atoms with Gasteiger partial charge in [0.05, 0.1) is 4.90 Å². The number of sulfonamides is 1. The van der Waals surface area contributed by atoms with Crippen molar-refractivity contribution in [1.29, 1.82) is 0 Å². The molecule has 0 spiro atoms. The maximum absolute atomic E-state index is 14.0. The minimum Gasteiger partial charge on any atom is -0.329 e. The normalized spacial score (nSPS) is 23.8. The van der Waals surface area contributed by atoms with Crippen molar-refractivity contribution >= 4 is 19.9 Å². The minimum absolute atomic E-state index is 0.115. The lowest BCUT2D eigenvalue weighted by Crippen LogP contribution is -2.51. The first-order chi connectivity index (χ1) is 10.6. The molecule has 0 radical (unpaired) electrons. The van der Waals surface area contributed by atoms with E-state index in [4.69, 9.17) is 5.73 Å². The number of piperidine rings is 1. The maximum Gasteiger partial charge on any atom is 0.243 e. The summed E-state index contributed by atoms with van der Waals surface area (Å²) in [6.45, 7) is 2.45. The van der Waals surface area contributed by atoms with Gasteiger partial charge in [-0.25, -0.2) is 21.2 Å². The molecule has 6 nitrogen and oxygen atoms in total. The van der Waals surface area contributed by atoms with E-state index in [-0.39, 0.29) is 23.4 Å². The smallest absolute Gasteiger partial charge is 0.243 e. The van der Waals surface area contributed by atoms with E-state index in [1.165, 1.54) is 4.31 Å². The lowest BCUT2D eigenvalue weighted by atomic mass is 9.93. The molecule has 1 aliphatic heterocycles. The Morgan fingerprint density at radius 1 is 1.30 bits per heavy atom. The van der Waals surface area contributed by atoms with Crippen LogP contribution in [0.2, 0.25) is 0 Å². The average Bonchev–Trinajstić information content (AvgIpc) is 2.45. The van der Waals surface area contributed by atoms with Crippen LogP contribution < -0.4 is 5.73 Å². The second kappa shape index (κ2) is 6.46.